The van der Waals surface area contributed by atoms with Crippen molar-refractivity contribution in [2.45, 2.75) is 99.3 Å². The number of allylic oxidation sites excluding steroid dienone is 6. The van der Waals surface area contributed by atoms with Crippen LogP contribution >= 0.6 is 0 Å². The zero-order chi connectivity index (χ0) is 18.4. The van der Waals surface area contributed by atoms with Crippen LogP contribution in [-0.4, -0.2) is 5.78 Å². The lowest BCUT2D eigenvalue weighted by Crippen LogP contribution is -1.97. The molecule has 138 valence electrons. The highest BCUT2D eigenvalue weighted by Gasteiger charge is 2.02. The van der Waals surface area contributed by atoms with Crippen molar-refractivity contribution in [1.82, 2.24) is 0 Å². The van der Waals surface area contributed by atoms with Crippen molar-refractivity contribution in [3.05, 3.63) is 34.9 Å². The minimum absolute atomic E-state index is 0.321. The third-order valence-corrected chi connectivity index (χ3v) is 4.50. The molecule has 0 radical (unpaired) electrons. The number of carbonyl (C=O) groups is 1. The van der Waals surface area contributed by atoms with Crippen molar-refractivity contribution >= 4 is 5.78 Å². The van der Waals surface area contributed by atoms with Crippen molar-refractivity contribution in [3.63, 3.8) is 0 Å². The number of hydrogen-bond donors (Lipinski definition) is 0. The number of carbonyl (C=O) groups excluding carboxylic acids is 1. The molecule has 0 heterocycles. The maximum atomic E-state index is 10.9. The van der Waals surface area contributed by atoms with Crippen molar-refractivity contribution in [1.29, 1.82) is 0 Å². The van der Waals surface area contributed by atoms with Gasteiger partial charge >= 0.3 is 0 Å². The van der Waals surface area contributed by atoms with E-state index < -0.39 is 0 Å². The molecule has 0 aliphatic carbocycles. The monoisotopic (exact) mass is 332 g/mol. The predicted molar refractivity (Wildman–Crippen MR) is 108 cm³/mol. The largest absolute Gasteiger partial charge is 0.300 e. The molecule has 0 rings (SSSR count). The second kappa shape index (κ2) is 14.3. The molecular weight excluding hydrogens is 292 g/mol. The molecule has 0 saturated heterocycles. The van der Waals surface area contributed by atoms with Crippen LogP contribution in [0, 0.1) is 5.92 Å². The predicted octanol–water partition coefficient (Wildman–Crippen LogP) is 7.58. The maximum absolute atomic E-state index is 10.9. The topological polar surface area (TPSA) is 17.1 Å². The van der Waals surface area contributed by atoms with Crippen molar-refractivity contribution in [3.8, 4) is 0 Å². The third-order valence-electron chi connectivity index (χ3n) is 4.50. The first-order valence-electron chi connectivity index (χ1n) is 9.75. The molecule has 0 saturated carbocycles. The summed E-state index contributed by atoms with van der Waals surface area (Å²) in [5, 5.41) is 0. The van der Waals surface area contributed by atoms with Gasteiger partial charge < -0.3 is 4.79 Å². The van der Waals surface area contributed by atoms with Crippen molar-refractivity contribution in [2.75, 3.05) is 0 Å². The van der Waals surface area contributed by atoms with Crippen LogP contribution in [0.15, 0.2) is 34.9 Å². The van der Waals surface area contributed by atoms with Crippen molar-refractivity contribution < 1.29 is 4.79 Å². The summed E-state index contributed by atoms with van der Waals surface area (Å²) in [5.41, 5.74) is 4.44. The lowest BCUT2D eigenvalue weighted by atomic mass is 9.97. The average molecular weight is 333 g/mol. The Morgan fingerprint density at radius 1 is 0.750 bits per heavy atom. The van der Waals surface area contributed by atoms with Crippen LogP contribution in [-0.2, 0) is 4.79 Å². The van der Waals surface area contributed by atoms with Gasteiger partial charge in [0.2, 0.25) is 0 Å². The highest BCUT2D eigenvalue weighted by atomic mass is 16.1. The summed E-state index contributed by atoms with van der Waals surface area (Å²) in [5.74, 6) is 1.05. The van der Waals surface area contributed by atoms with E-state index >= 15 is 0 Å². The van der Waals surface area contributed by atoms with E-state index in [-0.39, 0.29) is 0 Å². The molecule has 0 aromatic carbocycles. The van der Waals surface area contributed by atoms with Gasteiger partial charge in [-0.25, -0.2) is 0 Å². The molecule has 0 fully saturated rings. The summed E-state index contributed by atoms with van der Waals surface area (Å²) in [7, 11) is 0. The minimum atomic E-state index is 0.321. The fourth-order valence-electron chi connectivity index (χ4n) is 2.80. The van der Waals surface area contributed by atoms with E-state index in [1.54, 1.807) is 6.92 Å². The Morgan fingerprint density at radius 2 is 1.29 bits per heavy atom. The summed E-state index contributed by atoms with van der Waals surface area (Å²) in [6, 6.07) is 0. The molecular formula is C23H40O. The van der Waals surface area contributed by atoms with E-state index in [0.29, 0.717) is 5.78 Å². The van der Waals surface area contributed by atoms with Gasteiger partial charge in [-0.1, -0.05) is 48.3 Å². The van der Waals surface area contributed by atoms with E-state index in [0.717, 1.165) is 25.2 Å². The van der Waals surface area contributed by atoms with Gasteiger partial charge in [0.25, 0.3) is 0 Å². The van der Waals surface area contributed by atoms with Crippen LogP contribution in [0.4, 0.5) is 0 Å². The van der Waals surface area contributed by atoms with Crippen LogP contribution in [0.1, 0.15) is 99.3 Å². The first-order valence-corrected chi connectivity index (χ1v) is 9.75. The standard InChI is InChI=1S/C23H40O/c1-19(2)11-7-12-20(3)13-8-14-21(4)15-9-16-22(5)17-10-18-23(6)24/h11,13,15,22H,7-10,12,14,16-18H2,1-6H3. The van der Waals surface area contributed by atoms with E-state index in [9.17, 15) is 4.79 Å². The molecule has 1 heteroatoms. The molecule has 1 atom stereocenters. The van der Waals surface area contributed by atoms with Crippen LogP contribution in [0.5, 0.6) is 0 Å². The van der Waals surface area contributed by atoms with Gasteiger partial charge in [0.05, 0.1) is 0 Å². The van der Waals surface area contributed by atoms with E-state index in [1.165, 1.54) is 55.2 Å². The fraction of sp³-hybridized carbons (Fsp3) is 0.696. The van der Waals surface area contributed by atoms with Gasteiger partial charge in [0.15, 0.2) is 0 Å². The summed E-state index contributed by atoms with van der Waals surface area (Å²) in [6.45, 7) is 12.8. The molecule has 0 spiro atoms. The van der Waals surface area contributed by atoms with Crippen LogP contribution < -0.4 is 0 Å². The van der Waals surface area contributed by atoms with Gasteiger partial charge in [-0.15, -0.1) is 0 Å². The van der Waals surface area contributed by atoms with Gasteiger partial charge in [-0.2, -0.15) is 0 Å². The molecule has 0 aliphatic rings. The van der Waals surface area contributed by atoms with Crippen LogP contribution in [0.2, 0.25) is 0 Å². The number of Topliss-reactive ketones (excluding diaryl/α,β-unsaturated/α-hetero) is 1. The van der Waals surface area contributed by atoms with E-state index in [2.05, 4.69) is 52.8 Å². The Hall–Kier alpha value is -1.11. The second-order valence-corrected chi connectivity index (χ2v) is 7.74. The number of rotatable bonds is 13. The molecule has 0 aliphatic heterocycles. The Labute approximate surface area is 151 Å². The number of hydrogen-bond acceptors (Lipinski definition) is 1. The van der Waals surface area contributed by atoms with Crippen LogP contribution in [0.25, 0.3) is 0 Å². The molecule has 1 nitrogen and oxygen atoms in total. The van der Waals surface area contributed by atoms with Gasteiger partial charge in [-0.05, 0) is 85.5 Å². The van der Waals surface area contributed by atoms with Crippen LogP contribution in [0.3, 0.4) is 0 Å². The quantitative estimate of drug-likeness (QED) is 0.318. The van der Waals surface area contributed by atoms with E-state index in [1.807, 2.05) is 0 Å². The Morgan fingerprint density at radius 3 is 1.83 bits per heavy atom. The maximum Gasteiger partial charge on any atom is 0.129 e. The van der Waals surface area contributed by atoms with Crippen molar-refractivity contribution in [2.24, 2.45) is 5.92 Å². The van der Waals surface area contributed by atoms with Gasteiger partial charge in [0, 0.05) is 6.42 Å². The summed E-state index contributed by atoms with van der Waals surface area (Å²) in [6.07, 6.45) is 17.2. The Kier molecular flexibility index (Phi) is 13.6. The van der Waals surface area contributed by atoms with Gasteiger partial charge in [0.1, 0.15) is 5.78 Å². The first kappa shape index (κ1) is 22.9. The SMILES string of the molecule is CC(=O)CCCC(C)CCC=C(C)CCC=C(C)CCC=C(C)C. The minimum Gasteiger partial charge on any atom is -0.300 e. The number of ketones is 1. The smallest absolute Gasteiger partial charge is 0.129 e. The average Bonchev–Trinajstić information content (AvgIpc) is 2.46. The zero-order valence-corrected chi connectivity index (χ0v) is 17.1. The first-order chi connectivity index (χ1) is 11.3. The van der Waals surface area contributed by atoms with E-state index in [4.69, 9.17) is 0 Å². The molecule has 0 N–H and O–H groups in total. The lowest BCUT2D eigenvalue weighted by molar-refractivity contribution is -0.117. The summed E-state index contributed by atoms with van der Waals surface area (Å²) >= 11 is 0. The molecule has 0 bridgehead atoms. The summed E-state index contributed by atoms with van der Waals surface area (Å²) < 4.78 is 0. The molecule has 0 amide bonds. The fourth-order valence-corrected chi connectivity index (χ4v) is 2.80. The highest BCUT2D eigenvalue weighted by molar-refractivity contribution is 5.75. The molecule has 0 aromatic rings. The van der Waals surface area contributed by atoms with Gasteiger partial charge in [-0.3, -0.25) is 0 Å². The third kappa shape index (κ3) is 15.8. The molecule has 1 unspecified atom stereocenters. The highest BCUT2D eigenvalue weighted by Crippen LogP contribution is 2.17. The summed E-state index contributed by atoms with van der Waals surface area (Å²) in [4.78, 5) is 10.9. The Bertz CT molecular complexity index is 433. The molecule has 0 aromatic heterocycles. The second-order valence-electron chi connectivity index (χ2n) is 7.74. The Balaban J connectivity index is 3.86. The lowest BCUT2D eigenvalue weighted by Gasteiger charge is -2.09. The zero-order valence-electron chi connectivity index (χ0n) is 17.1. The normalized spacial score (nSPS) is 13.8. The molecule has 24 heavy (non-hydrogen) atoms.